The first-order chi connectivity index (χ1) is 9.67. The van der Waals surface area contributed by atoms with E-state index in [1.807, 2.05) is 0 Å². The van der Waals surface area contributed by atoms with Gasteiger partial charge in [-0.1, -0.05) is 50.9 Å². The van der Waals surface area contributed by atoms with E-state index in [-0.39, 0.29) is 0 Å². The number of nitrogens with zero attached hydrogens (tertiary/aromatic N) is 2. The molecule has 2 nitrogen and oxygen atoms in total. The first kappa shape index (κ1) is 15.8. The number of alkyl halides is 1. The molecule has 1 aromatic heterocycles. The van der Waals surface area contributed by atoms with E-state index in [1.54, 1.807) is 0 Å². The Morgan fingerprint density at radius 1 is 1.25 bits per heavy atom. The number of rotatable bonds is 6. The molecule has 108 valence electrons. The van der Waals surface area contributed by atoms with Gasteiger partial charge in [-0.15, -0.1) is 0 Å². The number of aromatic nitrogens is 2. The summed E-state index contributed by atoms with van der Waals surface area (Å²) in [5.74, 6) is 0.471. The summed E-state index contributed by atoms with van der Waals surface area (Å²) in [6, 6.07) is 10.8. The number of benzene rings is 1. The van der Waals surface area contributed by atoms with Gasteiger partial charge in [0.2, 0.25) is 0 Å². The van der Waals surface area contributed by atoms with Crippen LogP contribution in [0.5, 0.6) is 0 Å². The normalized spacial score (nSPS) is 12.6. The van der Waals surface area contributed by atoms with E-state index in [4.69, 9.17) is 0 Å². The summed E-state index contributed by atoms with van der Waals surface area (Å²) in [7, 11) is 0. The molecule has 1 heterocycles. The molecule has 0 fully saturated rings. The largest absolute Gasteiger partial charge is 0.270 e. The molecule has 1 atom stereocenters. The molecule has 20 heavy (non-hydrogen) atoms. The zero-order valence-electron chi connectivity index (χ0n) is 11.9. The van der Waals surface area contributed by atoms with Gasteiger partial charge in [-0.3, -0.25) is 4.68 Å². The van der Waals surface area contributed by atoms with Crippen LogP contribution in [0.1, 0.15) is 36.7 Å². The third-order valence-corrected chi connectivity index (χ3v) is 4.81. The van der Waals surface area contributed by atoms with Crippen LogP contribution in [0.15, 0.2) is 34.8 Å². The smallest absolute Gasteiger partial charge is 0.0624 e. The molecule has 2 rings (SSSR count). The molecular formula is C16H20Br2N2. The van der Waals surface area contributed by atoms with Crippen LogP contribution in [0.2, 0.25) is 0 Å². The molecule has 0 saturated carbocycles. The fourth-order valence-electron chi connectivity index (χ4n) is 2.40. The predicted molar refractivity (Wildman–Crippen MR) is 91.7 cm³/mol. The van der Waals surface area contributed by atoms with Gasteiger partial charge in [0.25, 0.3) is 0 Å². The van der Waals surface area contributed by atoms with Crippen molar-refractivity contribution in [2.45, 2.75) is 39.2 Å². The van der Waals surface area contributed by atoms with Gasteiger partial charge >= 0.3 is 0 Å². The third-order valence-electron chi connectivity index (χ3n) is 3.54. The van der Waals surface area contributed by atoms with Crippen LogP contribution in [0.4, 0.5) is 0 Å². The number of hydrogen-bond donors (Lipinski definition) is 0. The van der Waals surface area contributed by atoms with E-state index in [1.165, 1.54) is 17.0 Å². The molecule has 1 aromatic carbocycles. The highest BCUT2D eigenvalue weighted by Gasteiger charge is 2.15. The summed E-state index contributed by atoms with van der Waals surface area (Å²) in [6.07, 6.45) is 2.01. The van der Waals surface area contributed by atoms with Crippen molar-refractivity contribution < 1.29 is 0 Å². The topological polar surface area (TPSA) is 17.8 Å². The van der Waals surface area contributed by atoms with E-state index >= 15 is 0 Å². The van der Waals surface area contributed by atoms with Crippen LogP contribution in [0, 0.1) is 0 Å². The minimum Gasteiger partial charge on any atom is -0.270 e. The first-order valence-corrected chi connectivity index (χ1v) is 8.96. The van der Waals surface area contributed by atoms with E-state index in [2.05, 4.69) is 85.8 Å². The second kappa shape index (κ2) is 7.41. The Morgan fingerprint density at radius 2 is 2.05 bits per heavy atom. The Labute approximate surface area is 137 Å². The van der Waals surface area contributed by atoms with Gasteiger partial charge in [-0.2, -0.15) is 5.10 Å². The fourth-order valence-corrected chi connectivity index (χ4v) is 3.42. The van der Waals surface area contributed by atoms with Crippen LogP contribution in [-0.2, 0) is 19.4 Å². The summed E-state index contributed by atoms with van der Waals surface area (Å²) < 4.78 is 3.27. The van der Waals surface area contributed by atoms with Crippen molar-refractivity contribution in [2.24, 2.45) is 0 Å². The minimum atomic E-state index is 0.471. The van der Waals surface area contributed by atoms with Gasteiger partial charge in [0.05, 0.1) is 5.69 Å². The highest BCUT2D eigenvalue weighted by molar-refractivity contribution is 9.10. The average molecular weight is 400 g/mol. The maximum absolute atomic E-state index is 4.64. The zero-order valence-corrected chi connectivity index (χ0v) is 15.1. The molecule has 0 saturated heterocycles. The molecule has 0 bridgehead atoms. The molecule has 2 aromatic rings. The number of aryl methyl sites for hydroxylation is 2. The highest BCUT2D eigenvalue weighted by atomic mass is 79.9. The fraction of sp³-hybridized carbons (Fsp3) is 0.438. The van der Waals surface area contributed by atoms with E-state index in [0.717, 1.165) is 29.2 Å². The average Bonchev–Trinajstić information content (AvgIpc) is 2.87. The summed E-state index contributed by atoms with van der Waals surface area (Å²) in [4.78, 5) is 0. The van der Waals surface area contributed by atoms with Crippen molar-refractivity contribution in [3.8, 4) is 0 Å². The highest BCUT2D eigenvalue weighted by Crippen LogP contribution is 2.26. The Hall–Kier alpha value is -0.610. The number of hydrogen-bond acceptors (Lipinski definition) is 1. The summed E-state index contributed by atoms with van der Waals surface area (Å²) in [5, 5.41) is 5.60. The predicted octanol–water partition coefficient (Wildman–Crippen LogP) is 4.95. The molecule has 1 unspecified atom stereocenters. The van der Waals surface area contributed by atoms with Gasteiger partial charge < -0.3 is 0 Å². The van der Waals surface area contributed by atoms with Crippen molar-refractivity contribution in [3.05, 3.63) is 51.8 Å². The quantitative estimate of drug-likeness (QED) is 0.628. The van der Waals surface area contributed by atoms with Crippen LogP contribution in [0.25, 0.3) is 0 Å². The minimum absolute atomic E-state index is 0.471. The van der Waals surface area contributed by atoms with Crippen LogP contribution in [-0.4, -0.2) is 15.1 Å². The lowest BCUT2D eigenvalue weighted by Crippen LogP contribution is -2.10. The maximum atomic E-state index is 4.64. The van der Waals surface area contributed by atoms with Crippen LogP contribution < -0.4 is 0 Å². The van der Waals surface area contributed by atoms with Gasteiger partial charge in [0.15, 0.2) is 0 Å². The SMILES string of the molecule is CCc1cc(CC(CBr)c2cccc(Br)c2)n(CC)n1. The standard InChI is InChI=1S/C16H20Br2N2/c1-3-15-10-16(20(4-2)19-15)9-13(11-17)12-6-5-7-14(18)8-12/h5-8,10,13H,3-4,9,11H2,1-2H3. The summed E-state index contributed by atoms with van der Waals surface area (Å²) in [5.41, 5.74) is 3.87. The Balaban J connectivity index is 2.24. The zero-order chi connectivity index (χ0) is 14.5. The van der Waals surface area contributed by atoms with Crippen molar-refractivity contribution >= 4 is 31.9 Å². The molecule has 0 aliphatic rings. The Morgan fingerprint density at radius 3 is 2.65 bits per heavy atom. The van der Waals surface area contributed by atoms with E-state index in [0.29, 0.717) is 5.92 Å². The molecule has 0 radical (unpaired) electrons. The van der Waals surface area contributed by atoms with Gasteiger partial charge in [-0.05, 0) is 49.4 Å². The van der Waals surface area contributed by atoms with E-state index < -0.39 is 0 Å². The van der Waals surface area contributed by atoms with Gasteiger partial charge in [0, 0.05) is 22.0 Å². The lowest BCUT2D eigenvalue weighted by molar-refractivity contribution is 0.594. The van der Waals surface area contributed by atoms with Crippen molar-refractivity contribution in [1.82, 2.24) is 9.78 Å². The van der Waals surface area contributed by atoms with Crippen LogP contribution >= 0.6 is 31.9 Å². The Bertz CT molecular complexity index is 563. The van der Waals surface area contributed by atoms with Gasteiger partial charge in [-0.25, -0.2) is 0 Å². The summed E-state index contributed by atoms with van der Waals surface area (Å²) in [6.45, 7) is 5.24. The molecule has 4 heteroatoms. The van der Waals surface area contributed by atoms with Crippen molar-refractivity contribution in [2.75, 3.05) is 5.33 Å². The Kier molecular flexibility index (Phi) is 5.85. The molecule has 0 amide bonds. The third kappa shape index (κ3) is 3.73. The van der Waals surface area contributed by atoms with Crippen LogP contribution in [0.3, 0.4) is 0 Å². The number of halogens is 2. The van der Waals surface area contributed by atoms with E-state index in [9.17, 15) is 0 Å². The van der Waals surface area contributed by atoms with Gasteiger partial charge in [0.1, 0.15) is 0 Å². The second-order valence-corrected chi connectivity index (χ2v) is 6.47. The lowest BCUT2D eigenvalue weighted by Gasteiger charge is -2.15. The molecule has 0 N–H and O–H groups in total. The molecule has 0 aliphatic heterocycles. The second-order valence-electron chi connectivity index (χ2n) is 4.91. The van der Waals surface area contributed by atoms with Crippen molar-refractivity contribution in [1.29, 1.82) is 0 Å². The maximum Gasteiger partial charge on any atom is 0.0624 e. The molecule has 0 spiro atoms. The molecule has 0 aliphatic carbocycles. The lowest BCUT2D eigenvalue weighted by atomic mass is 9.96. The van der Waals surface area contributed by atoms with Crippen molar-refractivity contribution in [3.63, 3.8) is 0 Å². The summed E-state index contributed by atoms with van der Waals surface area (Å²) >= 11 is 7.22. The molecular weight excluding hydrogens is 380 g/mol. The monoisotopic (exact) mass is 398 g/mol. The first-order valence-electron chi connectivity index (χ1n) is 7.04.